The van der Waals surface area contributed by atoms with Crippen LogP contribution < -0.4 is 11.0 Å². The second kappa shape index (κ2) is 9.39. The van der Waals surface area contributed by atoms with Crippen LogP contribution in [0, 0.1) is 0 Å². The highest BCUT2D eigenvalue weighted by Crippen LogP contribution is 2.18. The molecule has 11 heteroatoms. The predicted molar refractivity (Wildman–Crippen MR) is 119 cm³/mol. The molecule has 2 heterocycles. The van der Waals surface area contributed by atoms with E-state index < -0.39 is 23.4 Å². The zero-order chi connectivity index (χ0) is 23.5. The summed E-state index contributed by atoms with van der Waals surface area (Å²) in [7, 11) is 0. The van der Waals surface area contributed by atoms with Gasteiger partial charge in [-0.3, -0.25) is 14.7 Å². The van der Waals surface area contributed by atoms with Crippen molar-refractivity contribution in [3.05, 3.63) is 51.5 Å². The minimum absolute atomic E-state index is 0.0985. The Balaban J connectivity index is 1.61. The van der Waals surface area contributed by atoms with Gasteiger partial charge >= 0.3 is 17.8 Å². The van der Waals surface area contributed by atoms with Crippen LogP contribution in [0.4, 0.5) is 15.4 Å². The number of ether oxygens (including phenoxy) is 1. The summed E-state index contributed by atoms with van der Waals surface area (Å²) in [5, 5.41) is 2.81. The molecule has 0 radical (unpaired) electrons. The van der Waals surface area contributed by atoms with Crippen LogP contribution >= 0.6 is 11.6 Å². The lowest BCUT2D eigenvalue weighted by Gasteiger charge is -2.35. The number of nitrogens with zero attached hydrogens (tertiary/aromatic N) is 4. The first-order valence-electron chi connectivity index (χ1n) is 9.96. The van der Waals surface area contributed by atoms with Crippen LogP contribution in [0.2, 0.25) is 5.02 Å². The van der Waals surface area contributed by atoms with Gasteiger partial charge in [0.1, 0.15) is 11.4 Å². The molecule has 0 saturated carbocycles. The summed E-state index contributed by atoms with van der Waals surface area (Å²) in [6, 6.07) is 5.62. The number of hydrogen-bond acceptors (Lipinski definition) is 6. The molecule has 1 aromatic carbocycles. The minimum atomic E-state index is -0.618. The lowest BCUT2D eigenvalue weighted by atomic mass is 10.2. The smallest absolute Gasteiger partial charge is 0.410 e. The number of piperazine rings is 1. The molecular formula is C21H24ClN5O5. The molecular weight excluding hydrogens is 438 g/mol. The van der Waals surface area contributed by atoms with Crippen LogP contribution in [-0.4, -0.2) is 69.5 Å². The maximum atomic E-state index is 12.5. The van der Waals surface area contributed by atoms with Crippen LogP contribution in [0.1, 0.15) is 31.1 Å². The SMILES string of the molecule is CC(C)(C)OC(=O)N1CCN(C(=O)Nc2ccn(-c3ccc(C=O)c(Cl)c3)c(=O)n2)CC1. The normalized spacial score (nSPS) is 14.1. The van der Waals surface area contributed by atoms with Crippen molar-refractivity contribution in [1.29, 1.82) is 0 Å². The van der Waals surface area contributed by atoms with Crippen LogP contribution in [0.15, 0.2) is 35.3 Å². The molecule has 1 aliphatic rings. The molecule has 1 N–H and O–H groups in total. The molecule has 0 spiro atoms. The van der Waals surface area contributed by atoms with E-state index in [0.717, 1.165) is 0 Å². The number of carbonyl (C=O) groups excluding carboxylic acids is 3. The number of hydrogen-bond donors (Lipinski definition) is 1. The van der Waals surface area contributed by atoms with Crippen molar-refractivity contribution >= 4 is 35.8 Å². The Bertz CT molecular complexity index is 1090. The van der Waals surface area contributed by atoms with Crippen LogP contribution in [-0.2, 0) is 4.74 Å². The lowest BCUT2D eigenvalue weighted by Crippen LogP contribution is -2.52. The average Bonchev–Trinajstić information content (AvgIpc) is 2.72. The third-order valence-electron chi connectivity index (χ3n) is 4.65. The summed E-state index contributed by atoms with van der Waals surface area (Å²) >= 11 is 6.02. The molecule has 1 saturated heterocycles. The quantitative estimate of drug-likeness (QED) is 0.703. The fourth-order valence-electron chi connectivity index (χ4n) is 3.04. The second-order valence-corrected chi connectivity index (χ2v) is 8.58. The van der Waals surface area contributed by atoms with Crippen LogP contribution in [0.3, 0.4) is 0 Å². The Kier molecular flexibility index (Phi) is 6.83. The van der Waals surface area contributed by atoms with Crippen molar-refractivity contribution in [2.24, 2.45) is 0 Å². The molecule has 0 aliphatic carbocycles. The lowest BCUT2D eigenvalue weighted by molar-refractivity contribution is 0.0174. The number of aromatic nitrogens is 2. The van der Waals surface area contributed by atoms with E-state index in [1.807, 2.05) is 0 Å². The highest BCUT2D eigenvalue weighted by atomic mass is 35.5. The first-order valence-corrected chi connectivity index (χ1v) is 10.3. The van der Waals surface area contributed by atoms with Crippen LogP contribution in [0.5, 0.6) is 0 Å². The summed E-state index contributed by atoms with van der Waals surface area (Å²) in [5.41, 5.74) is -0.451. The van der Waals surface area contributed by atoms with Gasteiger partial charge in [-0.1, -0.05) is 11.6 Å². The fourth-order valence-corrected chi connectivity index (χ4v) is 3.26. The molecule has 1 aromatic heterocycles. The number of aldehydes is 1. The third-order valence-corrected chi connectivity index (χ3v) is 4.97. The average molecular weight is 462 g/mol. The standard InChI is InChI=1S/C21H24ClN5O5/c1-21(2,3)32-20(31)26-10-8-25(9-11-26)18(29)23-17-6-7-27(19(30)24-17)15-5-4-14(13-28)16(22)12-15/h4-7,12-13H,8-11H2,1-3H3,(H,23,24,29,30). The van der Waals surface area contributed by atoms with Crippen molar-refractivity contribution in [2.75, 3.05) is 31.5 Å². The van der Waals surface area contributed by atoms with Gasteiger partial charge in [-0.25, -0.2) is 14.4 Å². The van der Waals surface area contributed by atoms with Gasteiger partial charge in [0.25, 0.3) is 0 Å². The van der Waals surface area contributed by atoms with Crippen molar-refractivity contribution in [1.82, 2.24) is 19.4 Å². The zero-order valence-electron chi connectivity index (χ0n) is 18.0. The highest BCUT2D eigenvalue weighted by molar-refractivity contribution is 6.33. The highest BCUT2D eigenvalue weighted by Gasteiger charge is 2.27. The largest absolute Gasteiger partial charge is 0.444 e. The number of halogens is 1. The van der Waals surface area contributed by atoms with Crippen molar-refractivity contribution in [3.8, 4) is 5.69 Å². The van der Waals surface area contributed by atoms with E-state index >= 15 is 0 Å². The van der Waals surface area contributed by atoms with Gasteiger partial charge in [0.15, 0.2) is 6.29 Å². The Morgan fingerprint density at radius 3 is 2.34 bits per heavy atom. The second-order valence-electron chi connectivity index (χ2n) is 8.17. The molecule has 3 rings (SSSR count). The summed E-state index contributed by atoms with van der Waals surface area (Å²) in [6.45, 7) is 6.72. The fraction of sp³-hybridized carbons (Fsp3) is 0.381. The van der Waals surface area contributed by atoms with Crippen molar-refractivity contribution in [2.45, 2.75) is 26.4 Å². The maximum absolute atomic E-state index is 12.5. The van der Waals surface area contributed by atoms with Crippen LogP contribution in [0.25, 0.3) is 5.69 Å². The van der Waals surface area contributed by atoms with Gasteiger partial charge in [-0.15, -0.1) is 0 Å². The minimum Gasteiger partial charge on any atom is -0.444 e. The molecule has 10 nitrogen and oxygen atoms in total. The van der Waals surface area contributed by atoms with Crippen molar-refractivity contribution in [3.63, 3.8) is 0 Å². The number of amides is 3. The van der Waals surface area contributed by atoms with Gasteiger partial charge in [-0.2, -0.15) is 4.98 Å². The number of anilines is 1. The molecule has 0 atom stereocenters. The Morgan fingerprint density at radius 2 is 1.78 bits per heavy atom. The first-order chi connectivity index (χ1) is 15.1. The number of rotatable bonds is 3. The zero-order valence-corrected chi connectivity index (χ0v) is 18.8. The van der Waals surface area contributed by atoms with E-state index in [4.69, 9.17) is 16.3 Å². The number of nitrogens with one attached hydrogen (secondary N) is 1. The van der Waals surface area contributed by atoms with E-state index in [1.54, 1.807) is 31.7 Å². The van der Waals surface area contributed by atoms with E-state index in [9.17, 15) is 19.2 Å². The molecule has 0 unspecified atom stereocenters. The molecule has 2 aromatic rings. The molecule has 0 bridgehead atoms. The number of benzene rings is 1. The summed E-state index contributed by atoms with van der Waals surface area (Å²) in [6.07, 6.45) is 1.67. The Labute approximate surface area is 189 Å². The summed E-state index contributed by atoms with van der Waals surface area (Å²) in [5.74, 6) is 0.0985. The molecule has 32 heavy (non-hydrogen) atoms. The number of carbonyl (C=O) groups is 3. The van der Waals surface area contributed by atoms with Gasteiger partial charge in [0, 0.05) is 37.9 Å². The molecule has 1 fully saturated rings. The third kappa shape index (κ3) is 5.64. The van der Waals surface area contributed by atoms with Gasteiger partial charge in [0.05, 0.1) is 10.7 Å². The molecule has 3 amide bonds. The van der Waals surface area contributed by atoms with E-state index in [0.29, 0.717) is 43.7 Å². The van der Waals surface area contributed by atoms with E-state index in [1.165, 1.54) is 33.9 Å². The first kappa shape index (κ1) is 23.3. The Hall–Kier alpha value is -3.40. The van der Waals surface area contributed by atoms with Gasteiger partial charge < -0.3 is 14.5 Å². The molecule has 1 aliphatic heterocycles. The van der Waals surface area contributed by atoms with E-state index in [-0.39, 0.29) is 10.8 Å². The Morgan fingerprint density at radius 1 is 1.12 bits per heavy atom. The van der Waals surface area contributed by atoms with Gasteiger partial charge in [-0.05, 0) is 45.0 Å². The summed E-state index contributed by atoms with van der Waals surface area (Å²) in [4.78, 5) is 55.0. The monoisotopic (exact) mass is 461 g/mol. The number of urea groups is 1. The van der Waals surface area contributed by atoms with Gasteiger partial charge in [0.2, 0.25) is 0 Å². The molecule has 170 valence electrons. The predicted octanol–water partition coefficient (Wildman–Crippen LogP) is 2.78. The maximum Gasteiger partial charge on any atom is 0.410 e. The van der Waals surface area contributed by atoms with Crippen molar-refractivity contribution < 1.29 is 19.1 Å². The van der Waals surface area contributed by atoms with E-state index in [2.05, 4.69) is 10.3 Å². The topological polar surface area (TPSA) is 114 Å². The summed E-state index contributed by atoms with van der Waals surface area (Å²) < 4.78 is 6.59.